The summed E-state index contributed by atoms with van der Waals surface area (Å²) in [6.45, 7) is 12.5. The first kappa shape index (κ1) is 35.6. The maximum absolute atomic E-state index is 16.5. The lowest BCUT2D eigenvalue weighted by atomic mass is 9.78. The smallest absolute Gasteiger partial charge is 0.194 e. The van der Waals surface area contributed by atoms with E-state index in [9.17, 15) is 0 Å². The zero-order chi connectivity index (χ0) is 37.2. The van der Waals surface area contributed by atoms with Crippen LogP contribution in [-0.4, -0.2) is 17.8 Å². The van der Waals surface area contributed by atoms with E-state index in [4.69, 9.17) is 0 Å². The fourth-order valence-corrected chi connectivity index (χ4v) is 12.4. The lowest BCUT2D eigenvalue weighted by molar-refractivity contribution is -0.254. The van der Waals surface area contributed by atoms with Gasteiger partial charge in [0, 0.05) is 51.5 Å². The molecule has 10 heteroatoms. The molecular formula is C42H34F6S4. The molecule has 52 heavy (non-hydrogen) atoms. The van der Waals surface area contributed by atoms with Gasteiger partial charge in [0.15, 0.2) is 0 Å². The average Bonchev–Trinajstić information content (AvgIpc) is 3.92. The monoisotopic (exact) mass is 780 g/mol. The molecule has 0 unspecified atom stereocenters. The molecule has 8 rings (SSSR count). The summed E-state index contributed by atoms with van der Waals surface area (Å²) >= 11 is 5.19. The topological polar surface area (TPSA) is 0 Å². The standard InChI is InChI=1S/C42H34F6S4/c1-37(2,3)25-15-11-23(12-16-25)29-21-27-33-34(41(45,46)42(47,48)40(33,43)44)28-22-30(24-13-17-26(18-14-24)38(4,5)6)52-36(28)39(35(27)51-29,31-9-7-19-49-31)32-10-8-20-50-32/h7-22H,1-6H3. The third-order valence-corrected chi connectivity index (χ3v) is 14.8. The van der Waals surface area contributed by atoms with Gasteiger partial charge in [-0.25, -0.2) is 0 Å². The van der Waals surface area contributed by atoms with E-state index in [2.05, 4.69) is 41.5 Å². The Morgan fingerprint density at radius 1 is 0.500 bits per heavy atom. The number of fused-ring (bicyclic) bond motifs is 4. The van der Waals surface area contributed by atoms with Crippen LogP contribution in [0.5, 0.6) is 0 Å². The van der Waals surface area contributed by atoms with E-state index in [1.165, 1.54) is 57.5 Å². The van der Waals surface area contributed by atoms with E-state index in [0.29, 0.717) is 30.6 Å². The fraction of sp³-hybridized carbons (Fsp3) is 0.286. The number of benzene rings is 2. The van der Waals surface area contributed by atoms with Crippen LogP contribution in [-0.2, 0) is 16.2 Å². The van der Waals surface area contributed by atoms with Crippen LogP contribution in [0.2, 0.25) is 0 Å². The first-order valence-electron chi connectivity index (χ1n) is 16.8. The van der Waals surface area contributed by atoms with E-state index >= 15 is 26.3 Å². The minimum absolute atomic E-state index is 0.151. The van der Waals surface area contributed by atoms with Crippen LogP contribution < -0.4 is 0 Å². The molecule has 4 aromatic heterocycles. The quantitative estimate of drug-likeness (QED) is 0.156. The molecule has 0 nitrogen and oxygen atoms in total. The van der Waals surface area contributed by atoms with Gasteiger partial charge in [-0.2, -0.15) is 26.3 Å². The van der Waals surface area contributed by atoms with Crippen molar-refractivity contribution in [1.82, 2.24) is 0 Å². The van der Waals surface area contributed by atoms with Gasteiger partial charge in [0.05, 0.1) is 0 Å². The van der Waals surface area contributed by atoms with Gasteiger partial charge in [0.1, 0.15) is 5.41 Å². The zero-order valence-corrected chi connectivity index (χ0v) is 32.4. The summed E-state index contributed by atoms with van der Waals surface area (Å²) in [7, 11) is 0. The Balaban J connectivity index is 1.50. The van der Waals surface area contributed by atoms with Crippen LogP contribution in [0.25, 0.3) is 32.0 Å². The van der Waals surface area contributed by atoms with Crippen molar-refractivity contribution in [3.63, 3.8) is 0 Å². The average molecular weight is 781 g/mol. The van der Waals surface area contributed by atoms with Crippen molar-refractivity contribution in [3.05, 3.63) is 137 Å². The number of thiophene rings is 4. The van der Waals surface area contributed by atoms with Gasteiger partial charge >= 0.3 is 17.8 Å². The Bertz CT molecular complexity index is 2160. The summed E-state index contributed by atoms with van der Waals surface area (Å²) in [6, 6.07) is 25.7. The van der Waals surface area contributed by atoms with Crippen LogP contribution in [0.3, 0.4) is 0 Å². The second-order valence-corrected chi connectivity index (χ2v) is 19.5. The van der Waals surface area contributed by atoms with Crippen molar-refractivity contribution in [1.29, 1.82) is 0 Å². The minimum atomic E-state index is -5.65. The van der Waals surface area contributed by atoms with Crippen LogP contribution in [0.1, 0.15) is 83.3 Å². The number of rotatable bonds is 4. The maximum Gasteiger partial charge on any atom is 0.380 e. The highest BCUT2D eigenvalue weighted by Gasteiger charge is 2.81. The van der Waals surface area contributed by atoms with Crippen LogP contribution in [0.4, 0.5) is 26.3 Å². The first-order chi connectivity index (χ1) is 24.3. The van der Waals surface area contributed by atoms with Gasteiger partial charge < -0.3 is 0 Å². The lowest BCUT2D eigenvalue weighted by Crippen LogP contribution is -2.49. The molecule has 0 atom stereocenters. The van der Waals surface area contributed by atoms with E-state index < -0.39 is 34.3 Å². The summed E-state index contributed by atoms with van der Waals surface area (Å²) in [4.78, 5) is 3.16. The molecule has 4 heterocycles. The molecule has 0 saturated carbocycles. The van der Waals surface area contributed by atoms with Crippen molar-refractivity contribution in [2.45, 2.75) is 75.6 Å². The van der Waals surface area contributed by atoms with Gasteiger partial charge in [-0.15, -0.1) is 45.3 Å². The van der Waals surface area contributed by atoms with E-state index in [1.807, 2.05) is 83.6 Å². The zero-order valence-electron chi connectivity index (χ0n) is 29.1. The van der Waals surface area contributed by atoms with E-state index in [0.717, 1.165) is 20.9 Å². The van der Waals surface area contributed by atoms with Gasteiger partial charge in [-0.05, 0) is 68.1 Å². The van der Waals surface area contributed by atoms with Crippen molar-refractivity contribution >= 4 is 56.5 Å². The molecule has 0 amide bonds. The molecule has 0 saturated heterocycles. The molecular weight excluding hydrogens is 747 g/mol. The Hall–Kier alpha value is -3.44. The molecule has 2 aromatic carbocycles. The van der Waals surface area contributed by atoms with E-state index in [-0.39, 0.29) is 22.0 Å². The van der Waals surface area contributed by atoms with Crippen LogP contribution in [0.15, 0.2) is 95.7 Å². The van der Waals surface area contributed by atoms with E-state index in [1.54, 1.807) is 0 Å². The molecule has 2 aliphatic rings. The highest BCUT2D eigenvalue weighted by Crippen LogP contribution is 2.70. The summed E-state index contributed by atoms with van der Waals surface area (Å²) in [5.74, 6) is -16.0. The minimum Gasteiger partial charge on any atom is -0.194 e. The molecule has 0 N–H and O–H groups in total. The highest BCUT2D eigenvalue weighted by atomic mass is 32.1. The maximum atomic E-state index is 16.5. The van der Waals surface area contributed by atoms with Crippen molar-refractivity contribution < 1.29 is 26.3 Å². The van der Waals surface area contributed by atoms with Gasteiger partial charge in [-0.3, -0.25) is 0 Å². The van der Waals surface area contributed by atoms with Crippen molar-refractivity contribution in [2.24, 2.45) is 0 Å². The second kappa shape index (κ2) is 11.5. The summed E-state index contributed by atoms with van der Waals surface area (Å²) in [5.41, 5.74) is -1.28. The Kier molecular flexibility index (Phi) is 7.89. The Morgan fingerprint density at radius 2 is 0.865 bits per heavy atom. The first-order valence-corrected chi connectivity index (χ1v) is 20.2. The van der Waals surface area contributed by atoms with Gasteiger partial charge in [-0.1, -0.05) is 102 Å². The number of hydrogen-bond acceptors (Lipinski definition) is 4. The predicted octanol–water partition coefficient (Wildman–Crippen LogP) is 14.4. The summed E-state index contributed by atoms with van der Waals surface area (Å²) in [5, 5.41) is 3.74. The van der Waals surface area contributed by atoms with Crippen LogP contribution >= 0.6 is 45.3 Å². The predicted molar refractivity (Wildman–Crippen MR) is 206 cm³/mol. The fourth-order valence-electron chi connectivity index (χ4n) is 7.35. The number of halogens is 6. The molecule has 0 aliphatic heterocycles. The third kappa shape index (κ3) is 4.89. The largest absolute Gasteiger partial charge is 0.380 e. The Morgan fingerprint density at radius 3 is 1.17 bits per heavy atom. The SMILES string of the molecule is CC(C)(C)c1ccc(-c2cc3c(s2)C(c2cccs2)(c2cccs2)c2sc(-c4ccc(C(C)(C)C)cc4)cc2C2=C3C(F)(F)C(F)(F)C2(F)F)cc1. The molecule has 268 valence electrons. The molecule has 2 aliphatic carbocycles. The highest BCUT2D eigenvalue weighted by molar-refractivity contribution is 7.19. The molecule has 0 spiro atoms. The number of alkyl halides is 6. The Labute approximate surface area is 315 Å². The molecule has 0 fully saturated rings. The lowest BCUT2D eigenvalue weighted by Gasteiger charge is -2.34. The third-order valence-electron chi connectivity index (χ3n) is 10.2. The van der Waals surface area contributed by atoms with Crippen LogP contribution in [0, 0.1) is 0 Å². The number of allylic oxidation sites excluding steroid dienone is 2. The summed E-state index contributed by atoms with van der Waals surface area (Å²) in [6.07, 6.45) is 0. The molecule has 0 radical (unpaired) electrons. The molecule has 6 aromatic rings. The van der Waals surface area contributed by atoms with Crippen molar-refractivity contribution in [2.75, 3.05) is 0 Å². The summed E-state index contributed by atoms with van der Waals surface area (Å²) < 4.78 is 97.2. The van der Waals surface area contributed by atoms with Gasteiger partial charge in [0.2, 0.25) is 0 Å². The van der Waals surface area contributed by atoms with Gasteiger partial charge in [0.25, 0.3) is 0 Å². The van der Waals surface area contributed by atoms with Crippen molar-refractivity contribution in [3.8, 4) is 20.9 Å². The second-order valence-electron chi connectivity index (χ2n) is 15.5. The molecule has 0 bridgehead atoms. The number of hydrogen-bond donors (Lipinski definition) is 0. The normalized spacial score (nSPS) is 18.5.